The van der Waals surface area contributed by atoms with Gasteiger partial charge in [-0.05, 0) is 0 Å². The number of aryl methyl sites for hydroxylation is 1. The summed E-state index contributed by atoms with van der Waals surface area (Å²) in [6.07, 6.45) is 0.707. The van der Waals surface area contributed by atoms with Gasteiger partial charge in [0.25, 0.3) is 0 Å². The summed E-state index contributed by atoms with van der Waals surface area (Å²) in [7, 11) is 1.58. The van der Waals surface area contributed by atoms with Crippen molar-refractivity contribution in [3.05, 3.63) is 11.9 Å². The molecule has 0 aliphatic carbocycles. The molecule has 0 spiro atoms. The first-order chi connectivity index (χ1) is 8.23. The number of aromatic nitrogens is 2. The number of hydrazine groups is 1. The molecular formula is C10H19N5O2. The molecule has 5 N–H and O–H groups in total. The lowest BCUT2D eigenvalue weighted by atomic mass is 10.3. The second-order valence-electron chi connectivity index (χ2n) is 3.53. The Hall–Kier alpha value is -1.44. The molecule has 1 heterocycles. The fourth-order valence-corrected chi connectivity index (χ4v) is 1.35. The van der Waals surface area contributed by atoms with Crippen molar-refractivity contribution in [2.24, 2.45) is 5.84 Å². The number of nitrogens with zero attached hydrogens (tertiary/aromatic N) is 2. The summed E-state index contributed by atoms with van der Waals surface area (Å²) in [6.45, 7) is 2.32. The van der Waals surface area contributed by atoms with Gasteiger partial charge < -0.3 is 20.6 Å². The molecule has 1 unspecified atom stereocenters. The molecule has 0 fully saturated rings. The zero-order valence-corrected chi connectivity index (χ0v) is 10.1. The molecule has 0 aliphatic heterocycles. The first-order valence-corrected chi connectivity index (χ1v) is 5.44. The Morgan fingerprint density at radius 2 is 2.18 bits per heavy atom. The summed E-state index contributed by atoms with van der Waals surface area (Å²) in [5, 5.41) is 12.2. The van der Waals surface area contributed by atoms with E-state index in [-0.39, 0.29) is 12.6 Å². The lowest BCUT2D eigenvalue weighted by Gasteiger charge is -2.16. The predicted octanol–water partition coefficient (Wildman–Crippen LogP) is -0.256. The van der Waals surface area contributed by atoms with Gasteiger partial charge in [0.05, 0.1) is 19.3 Å². The number of hydrogen-bond acceptors (Lipinski definition) is 7. The maximum absolute atomic E-state index is 9.15. The minimum atomic E-state index is -0.203. The van der Waals surface area contributed by atoms with Crippen LogP contribution in [-0.4, -0.2) is 41.4 Å². The SMILES string of the molecule is CCc1nc(NN)cc(NC(CO)COC)n1. The van der Waals surface area contributed by atoms with Crippen LogP contribution in [0.15, 0.2) is 6.07 Å². The number of nitrogens with one attached hydrogen (secondary N) is 2. The molecule has 1 rings (SSSR count). The topological polar surface area (TPSA) is 105 Å². The van der Waals surface area contributed by atoms with Crippen molar-refractivity contribution in [2.45, 2.75) is 19.4 Å². The molecular weight excluding hydrogens is 222 g/mol. The van der Waals surface area contributed by atoms with Crippen molar-refractivity contribution in [1.82, 2.24) is 9.97 Å². The Balaban J connectivity index is 2.81. The fourth-order valence-electron chi connectivity index (χ4n) is 1.35. The fraction of sp³-hybridized carbons (Fsp3) is 0.600. The van der Waals surface area contributed by atoms with E-state index in [4.69, 9.17) is 15.7 Å². The van der Waals surface area contributed by atoms with Gasteiger partial charge in [-0.25, -0.2) is 15.8 Å². The van der Waals surface area contributed by atoms with Crippen LogP contribution in [0.4, 0.5) is 11.6 Å². The lowest BCUT2D eigenvalue weighted by Crippen LogP contribution is -2.29. The summed E-state index contributed by atoms with van der Waals surface area (Å²) >= 11 is 0. The summed E-state index contributed by atoms with van der Waals surface area (Å²) in [6, 6.07) is 1.47. The van der Waals surface area contributed by atoms with Crippen LogP contribution in [0.5, 0.6) is 0 Å². The third-order valence-corrected chi connectivity index (χ3v) is 2.18. The van der Waals surface area contributed by atoms with Gasteiger partial charge >= 0.3 is 0 Å². The summed E-state index contributed by atoms with van der Waals surface area (Å²) in [5.74, 6) is 7.15. The van der Waals surface area contributed by atoms with E-state index in [1.807, 2.05) is 6.92 Å². The van der Waals surface area contributed by atoms with Gasteiger partial charge in [0, 0.05) is 19.6 Å². The predicted molar refractivity (Wildman–Crippen MR) is 65.6 cm³/mol. The zero-order chi connectivity index (χ0) is 12.7. The van der Waals surface area contributed by atoms with E-state index in [9.17, 15) is 0 Å². The maximum Gasteiger partial charge on any atom is 0.145 e. The number of hydrogen-bond donors (Lipinski definition) is 4. The Kier molecular flexibility index (Phi) is 5.61. The zero-order valence-electron chi connectivity index (χ0n) is 10.1. The number of ether oxygens (including phenoxy) is 1. The second kappa shape index (κ2) is 7.00. The van der Waals surface area contributed by atoms with E-state index in [0.29, 0.717) is 30.5 Å². The second-order valence-corrected chi connectivity index (χ2v) is 3.53. The third-order valence-electron chi connectivity index (χ3n) is 2.18. The number of methoxy groups -OCH3 is 1. The van der Waals surface area contributed by atoms with E-state index >= 15 is 0 Å². The number of anilines is 2. The summed E-state index contributed by atoms with van der Waals surface area (Å²) < 4.78 is 4.97. The molecule has 1 aromatic rings. The van der Waals surface area contributed by atoms with E-state index in [0.717, 1.165) is 0 Å². The van der Waals surface area contributed by atoms with Gasteiger partial charge in [0.15, 0.2) is 0 Å². The van der Waals surface area contributed by atoms with Crippen molar-refractivity contribution in [3.63, 3.8) is 0 Å². The van der Waals surface area contributed by atoms with E-state index < -0.39 is 0 Å². The molecule has 0 saturated carbocycles. The number of aliphatic hydroxyl groups is 1. The maximum atomic E-state index is 9.15. The molecule has 0 bridgehead atoms. The van der Waals surface area contributed by atoms with Crippen LogP contribution in [0.25, 0.3) is 0 Å². The molecule has 0 aliphatic rings. The van der Waals surface area contributed by atoms with Crippen LogP contribution in [0.2, 0.25) is 0 Å². The van der Waals surface area contributed by atoms with Crippen molar-refractivity contribution in [3.8, 4) is 0 Å². The van der Waals surface area contributed by atoms with Crippen molar-refractivity contribution in [2.75, 3.05) is 31.1 Å². The first-order valence-electron chi connectivity index (χ1n) is 5.44. The van der Waals surface area contributed by atoms with E-state index in [2.05, 4.69) is 20.7 Å². The van der Waals surface area contributed by atoms with Crippen LogP contribution in [0.3, 0.4) is 0 Å². The Morgan fingerprint density at radius 3 is 2.71 bits per heavy atom. The standard InChI is InChI=1S/C10H19N5O2/c1-3-8-13-9(4-10(14-8)15-11)12-7(5-16)6-17-2/h4,7,16H,3,5-6,11H2,1-2H3,(H2,12,13,14,15). The largest absolute Gasteiger partial charge is 0.394 e. The number of nitrogens with two attached hydrogens (primary N) is 1. The minimum Gasteiger partial charge on any atom is -0.394 e. The van der Waals surface area contributed by atoms with Gasteiger partial charge in [-0.15, -0.1) is 0 Å². The molecule has 1 aromatic heterocycles. The number of nitrogen functional groups attached to an aromatic ring is 1. The molecule has 96 valence electrons. The highest BCUT2D eigenvalue weighted by Crippen LogP contribution is 2.11. The average molecular weight is 241 g/mol. The Labute approximate surface area is 100 Å². The van der Waals surface area contributed by atoms with Crippen molar-refractivity contribution >= 4 is 11.6 Å². The average Bonchev–Trinajstić information content (AvgIpc) is 2.37. The van der Waals surface area contributed by atoms with E-state index in [1.54, 1.807) is 13.2 Å². The van der Waals surface area contributed by atoms with Crippen LogP contribution in [0, 0.1) is 0 Å². The smallest absolute Gasteiger partial charge is 0.145 e. The monoisotopic (exact) mass is 241 g/mol. The lowest BCUT2D eigenvalue weighted by molar-refractivity contribution is 0.153. The molecule has 7 nitrogen and oxygen atoms in total. The van der Waals surface area contributed by atoms with Gasteiger partial charge in [-0.1, -0.05) is 6.92 Å². The van der Waals surface area contributed by atoms with Gasteiger partial charge in [0.2, 0.25) is 0 Å². The molecule has 0 aromatic carbocycles. The molecule has 1 atom stereocenters. The van der Waals surface area contributed by atoms with Gasteiger partial charge in [-0.2, -0.15) is 0 Å². The minimum absolute atomic E-state index is 0.0370. The number of aliphatic hydroxyl groups excluding tert-OH is 1. The third kappa shape index (κ3) is 4.14. The van der Waals surface area contributed by atoms with Crippen LogP contribution < -0.4 is 16.6 Å². The van der Waals surface area contributed by atoms with Crippen LogP contribution in [0.1, 0.15) is 12.7 Å². The first kappa shape index (κ1) is 13.6. The summed E-state index contributed by atoms with van der Waals surface area (Å²) in [4.78, 5) is 8.45. The highest BCUT2D eigenvalue weighted by Gasteiger charge is 2.09. The van der Waals surface area contributed by atoms with Gasteiger partial charge in [-0.3, -0.25) is 0 Å². The highest BCUT2D eigenvalue weighted by molar-refractivity contribution is 5.47. The molecule has 0 saturated heterocycles. The normalized spacial score (nSPS) is 12.2. The van der Waals surface area contributed by atoms with Crippen LogP contribution in [-0.2, 0) is 11.2 Å². The van der Waals surface area contributed by atoms with Crippen LogP contribution >= 0.6 is 0 Å². The quantitative estimate of drug-likeness (QED) is 0.385. The van der Waals surface area contributed by atoms with E-state index in [1.165, 1.54) is 0 Å². The number of rotatable bonds is 7. The molecule has 0 amide bonds. The molecule has 17 heavy (non-hydrogen) atoms. The molecule has 7 heteroatoms. The highest BCUT2D eigenvalue weighted by atomic mass is 16.5. The van der Waals surface area contributed by atoms with Crippen molar-refractivity contribution in [1.29, 1.82) is 0 Å². The van der Waals surface area contributed by atoms with Gasteiger partial charge in [0.1, 0.15) is 17.5 Å². The Morgan fingerprint density at radius 1 is 1.47 bits per heavy atom. The summed E-state index contributed by atoms with van der Waals surface area (Å²) in [5.41, 5.74) is 2.48. The molecule has 0 radical (unpaired) electrons. The Bertz CT molecular complexity index is 325. The van der Waals surface area contributed by atoms with Crippen molar-refractivity contribution < 1.29 is 9.84 Å².